The summed E-state index contributed by atoms with van der Waals surface area (Å²) in [5.41, 5.74) is 0.687. The summed E-state index contributed by atoms with van der Waals surface area (Å²) in [7, 11) is 0. The van der Waals surface area contributed by atoms with Gasteiger partial charge in [0.25, 0.3) is 5.91 Å². The van der Waals surface area contributed by atoms with Crippen molar-refractivity contribution in [3.05, 3.63) is 65.6 Å². The van der Waals surface area contributed by atoms with E-state index in [1.165, 1.54) is 18.6 Å². The second kappa shape index (κ2) is 9.04. The number of carbonyl (C=O) groups is 2. The number of halogens is 3. The first-order valence-corrected chi connectivity index (χ1v) is 11.1. The van der Waals surface area contributed by atoms with Crippen molar-refractivity contribution in [1.29, 1.82) is 0 Å². The third kappa shape index (κ3) is 4.88. The number of Topliss-reactive ketones (excluding diaryl/α,β-unsaturated/α-hetero) is 1. The van der Waals surface area contributed by atoms with Crippen molar-refractivity contribution in [2.75, 3.05) is 5.32 Å². The monoisotopic (exact) mass is 470 g/mol. The maximum absolute atomic E-state index is 13.0. The van der Waals surface area contributed by atoms with Crippen LogP contribution in [0.4, 0.5) is 18.9 Å². The van der Waals surface area contributed by atoms with Crippen molar-refractivity contribution in [1.82, 2.24) is 14.8 Å². The number of nitrogens with one attached hydrogen (secondary N) is 1. The van der Waals surface area contributed by atoms with Crippen molar-refractivity contribution in [2.45, 2.75) is 51.7 Å². The summed E-state index contributed by atoms with van der Waals surface area (Å²) >= 11 is 0. The van der Waals surface area contributed by atoms with Gasteiger partial charge in [0.1, 0.15) is 11.4 Å². The summed E-state index contributed by atoms with van der Waals surface area (Å²) in [6.07, 6.45) is 1.23. The summed E-state index contributed by atoms with van der Waals surface area (Å²) in [6, 6.07) is 6.56. The average molecular weight is 470 g/mol. The molecule has 0 atom stereocenters. The highest BCUT2D eigenvalue weighted by atomic mass is 19.4. The number of amides is 1. The van der Waals surface area contributed by atoms with E-state index in [0.29, 0.717) is 11.4 Å². The van der Waals surface area contributed by atoms with Crippen LogP contribution in [0.25, 0.3) is 10.9 Å². The number of fused-ring (bicyclic) bond motifs is 1. The number of ketones is 1. The van der Waals surface area contributed by atoms with Gasteiger partial charge in [-0.3, -0.25) is 14.3 Å². The fraction of sp³-hybridized carbons (Fsp3) is 0.360. The Hall–Kier alpha value is -3.49. The molecule has 1 aliphatic rings. The predicted molar refractivity (Wildman–Crippen MR) is 123 cm³/mol. The van der Waals surface area contributed by atoms with Gasteiger partial charge in [0.2, 0.25) is 0 Å². The number of anilines is 1. The standard InChI is InChI=1S/C25H25F3N4O2/c1-14(2)16-7-9-18(10-8-16)32-13-17-11-22(19(15(3)33)12-21(17)31-32)30-24(34)20-5-4-6-23(29-20)25(26,27)28/h4-6,11-13,16,18H,1,7-10H2,2-3H3,(H,30,34)/t16-,18-. The minimum atomic E-state index is -4.67. The maximum atomic E-state index is 13.0. The molecule has 1 aliphatic carbocycles. The number of allylic oxidation sites excluding steroid dienone is 1. The van der Waals surface area contributed by atoms with E-state index >= 15 is 0 Å². The number of benzene rings is 1. The molecule has 1 saturated carbocycles. The zero-order chi connectivity index (χ0) is 24.6. The molecule has 1 aromatic carbocycles. The third-order valence-corrected chi connectivity index (χ3v) is 6.33. The van der Waals surface area contributed by atoms with Crippen molar-refractivity contribution in [2.24, 2.45) is 5.92 Å². The number of rotatable bonds is 5. The molecule has 0 aliphatic heterocycles. The molecule has 0 radical (unpaired) electrons. The smallest absolute Gasteiger partial charge is 0.320 e. The van der Waals surface area contributed by atoms with Crippen molar-refractivity contribution >= 4 is 28.3 Å². The summed E-state index contributed by atoms with van der Waals surface area (Å²) in [5, 5.41) is 7.93. The normalized spacial score (nSPS) is 18.6. The van der Waals surface area contributed by atoms with Gasteiger partial charge in [-0.05, 0) is 69.7 Å². The van der Waals surface area contributed by atoms with Crippen LogP contribution >= 0.6 is 0 Å². The van der Waals surface area contributed by atoms with Crippen molar-refractivity contribution < 1.29 is 22.8 Å². The van der Waals surface area contributed by atoms with Gasteiger partial charge in [-0.25, -0.2) is 4.98 Å². The van der Waals surface area contributed by atoms with Gasteiger partial charge in [-0.15, -0.1) is 0 Å². The molecular formula is C25H25F3N4O2. The Kier molecular flexibility index (Phi) is 6.29. The largest absolute Gasteiger partial charge is 0.433 e. The molecule has 4 rings (SSSR count). The van der Waals surface area contributed by atoms with Gasteiger partial charge in [0, 0.05) is 17.1 Å². The Morgan fingerprint density at radius 2 is 1.82 bits per heavy atom. The maximum Gasteiger partial charge on any atom is 0.433 e. The van der Waals surface area contributed by atoms with Crippen LogP contribution in [0, 0.1) is 5.92 Å². The highest BCUT2D eigenvalue weighted by molar-refractivity contribution is 6.10. The lowest BCUT2D eigenvalue weighted by atomic mass is 9.82. The molecule has 0 unspecified atom stereocenters. The van der Waals surface area contributed by atoms with Gasteiger partial charge < -0.3 is 5.32 Å². The quantitative estimate of drug-likeness (QED) is 0.355. The molecule has 2 heterocycles. The Labute approximate surface area is 194 Å². The average Bonchev–Trinajstić information content (AvgIpc) is 3.21. The SMILES string of the molecule is C=C(C)[C@H]1CC[C@H](n2cc3cc(NC(=O)c4cccc(C(F)(F)F)n4)c(C(C)=O)cc3n2)CC1. The minimum Gasteiger partial charge on any atom is -0.320 e. The fourth-order valence-electron chi connectivity index (χ4n) is 4.41. The highest BCUT2D eigenvalue weighted by Crippen LogP contribution is 2.36. The summed E-state index contributed by atoms with van der Waals surface area (Å²) < 4.78 is 40.8. The molecule has 3 aromatic rings. The summed E-state index contributed by atoms with van der Waals surface area (Å²) in [6.45, 7) is 7.47. The van der Waals surface area contributed by atoms with Crippen LogP contribution in [-0.2, 0) is 6.18 Å². The van der Waals surface area contributed by atoms with Gasteiger partial charge in [0.05, 0.1) is 17.2 Å². The van der Waals surface area contributed by atoms with E-state index in [9.17, 15) is 22.8 Å². The highest BCUT2D eigenvalue weighted by Gasteiger charge is 2.33. The minimum absolute atomic E-state index is 0.203. The first-order chi connectivity index (χ1) is 16.0. The topological polar surface area (TPSA) is 76.9 Å². The predicted octanol–water partition coefficient (Wildman–Crippen LogP) is 6.21. The Bertz CT molecular complexity index is 1270. The van der Waals surface area contributed by atoms with Gasteiger partial charge >= 0.3 is 6.18 Å². The van der Waals surface area contributed by atoms with Crippen LogP contribution in [0.2, 0.25) is 0 Å². The van der Waals surface area contributed by atoms with Crippen LogP contribution < -0.4 is 5.32 Å². The van der Waals surface area contributed by atoms with Crippen LogP contribution in [0.5, 0.6) is 0 Å². The molecular weight excluding hydrogens is 445 g/mol. The van der Waals surface area contributed by atoms with E-state index in [2.05, 4.69) is 28.9 Å². The summed E-state index contributed by atoms with van der Waals surface area (Å²) in [5.74, 6) is -0.610. The second-order valence-corrected chi connectivity index (χ2v) is 8.83. The van der Waals surface area contributed by atoms with Gasteiger partial charge in [-0.1, -0.05) is 18.2 Å². The van der Waals surface area contributed by atoms with E-state index in [1.54, 1.807) is 12.1 Å². The first-order valence-electron chi connectivity index (χ1n) is 11.1. The second-order valence-electron chi connectivity index (χ2n) is 8.83. The van der Waals surface area contributed by atoms with E-state index < -0.39 is 23.5 Å². The zero-order valence-electron chi connectivity index (χ0n) is 18.9. The number of hydrogen-bond donors (Lipinski definition) is 1. The Morgan fingerprint density at radius 3 is 2.44 bits per heavy atom. The fourth-order valence-corrected chi connectivity index (χ4v) is 4.41. The lowest BCUT2D eigenvalue weighted by Crippen LogP contribution is -2.18. The van der Waals surface area contributed by atoms with E-state index in [4.69, 9.17) is 0 Å². The molecule has 178 valence electrons. The van der Waals surface area contributed by atoms with Crippen LogP contribution in [-0.4, -0.2) is 26.5 Å². The molecule has 1 amide bonds. The van der Waals surface area contributed by atoms with Crippen LogP contribution in [0.1, 0.15) is 72.1 Å². The van der Waals surface area contributed by atoms with Crippen LogP contribution in [0.3, 0.4) is 0 Å². The number of carbonyl (C=O) groups excluding carboxylic acids is 2. The number of pyridine rings is 1. The van der Waals surface area contributed by atoms with Gasteiger partial charge in [-0.2, -0.15) is 18.3 Å². The Balaban J connectivity index is 1.61. The summed E-state index contributed by atoms with van der Waals surface area (Å²) in [4.78, 5) is 28.3. The number of aromatic nitrogens is 3. The molecule has 0 spiro atoms. The van der Waals surface area contributed by atoms with Gasteiger partial charge in [0.15, 0.2) is 5.78 Å². The number of alkyl halides is 3. The molecule has 0 saturated heterocycles. The van der Waals surface area contributed by atoms with E-state index in [1.807, 2.05) is 10.9 Å². The van der Waals surface area contributed by atoms with Crippen LogP contribution in [0.15, 0.2) is 48.7 Å². The molecule has 1 fully saturated rings. The molecule has 0 bridgehead atoms. The van der Waals surface area contributed by atoms with Crippen molar-refractivity contribution in [3.8, 4) is 0 Å². The molecule has 34 heavy (non-hydrogen) atoms. The zero-order valence-corrected chi connectivity index (χ0v) is 18.9. The first kappa shape index (κ1) is 23.7. The van der Waals surface area contributed by atoms with E-state index in [0.717, 1.165) is 43.2 Å². The Morgan fingerprint density at radius 1 is 1.12 bits per heavy atom. The van der Waals surface area contributed by atoms with Crippen molar-refractivity contribution in [3.63, 3.8) is 0 Å². The lowest BCUT2D eigenvalue weighted by Gasteiger charge is -2.28. The number of hydrogen-bond acceptors (Lipinski definition) is 4. The molecule has 9 heteroatoms. The molecule has 6 nitrogen and oxygen atoms in total. The van der Waals surface area contributed by atoms with E-state index in [-0.39, 0.29) is 23.1 Å². The molecule has 1 N–H and O–H groups in total. The third-order valence-electron chi connectivity index (χ3n) is 6.33. The number of nitrogens with zero attached hydrogens (tertiary/aromatic N) is 3. The molecule has 2 aromatic heterocycles. The lowest BCUT2D eigenvalue weighted by molar-refractivity contribution is -0.141.